The van der Waals surface area contributed by atoms with Crippen molar-refractivity contribution in [1.82, 2.24) is 14.9 Å². The Balaban J connectivity index is 0.000000640. The van der Waals surface area contributed by atoms with Crippen molar-refractivity contribution in [2.24, 2.45) is 10.7 Å². The van der Waals surface area contributed by atoms with Gasteiger partial charge in [-0.1, -0.05) is 12.1 Å². The van der Waals surface area contributed by atoms with Crippen LogP contribution in [0.1, 0.15) is 16.1 Å². The second-order valence-corrected chi connectivity index (χ2v) is 6.76. The minimum atomic E-state index is -0.264. The van der Waals surface area contributed by atoms with E-state index in [2.05, 4.69) is 15.0 Å². The van der Waals surface area contributed by atoms with Crippen molar-refractivity contribution < 1.29 is 9.18 Å². The van der Waals surface area contributed by atoms with Gasteiger partial charge in [0.15, 0.2) is 6.29 Å². The highest BCUT2D eigenvalue weighted by molar-refractivity contribution is 5.83. The van der Waals surface area contributed by atoms with Crippen LogP contribution in [0.2, 0.25) is 0 Å². The molecule has 0 amide bonds. The molecule has 8 heteroatoms. The number of aliphatic imine (C=N–C) groups is 1. The monoisotopic (exact) mass is 384 g/mol. The molecule has 1 aliphatic heterocycles. The smallest absolute Gasteiger partial charge is 0.170 e. The summed E-state index contributed by atoms with van der Waals surface area (Å²) in [7, 11) is 6.00. The molecule has 0 saturated heterocycles. The molecule has 1 aromatic heterocycles. The van der Waals surface area contributed by atoms with E-state index in [4.69, 9.17) is 5.73 Å². The van der Waals surface area contributed by atoms with Gasteiger partial charge in [0, 0.05) is 24.0 Å². The zero-order chi connectivity index (χ0) is 20.5. The van der Waals surface area contributed by atoms with Gasteiger partial charge in [0.2, 0.25) is 0 Å². The van der Waals surface area contributed by atoms with E-state index in [1.165, 1.54) is 18.3 Å². The molecule has 2 aromatic rings. The van der Waals surface area contributed by atoms with Crippen LogP contribution in [0.5, 0.6) is 0 Å². The standard InChI is InChI=1S/C17H16FN5O.C3H9N/c18-14-3-1-12(2-4-14)5-20-6-13-9-23(10-16(13)19)17-8-21-7-15(11-24)22-17;1-4(2)3/h1-4,6-8,11H,5,9-10,19H2;1-3H3. The second-order valence-electron chi connectivity index (χ2n) is 6.76. The average molecular weight is 384 g/mol. The molecule has 28 heavy (non-hydrogen) atoms. The zero-order valence-electron chi connectivity index (χ0n) is 16.3. The maximum absolute atomic E-state index is 12.9. The molecule has 0 radical (unpaired) electrons. The van der Waals surface area contributed by atoms with Crippen LogP contribution in [-0.4, -0.2) is 61.6 Å². The third-order valence-electron chi connectivity index (χ3n) is 3.65. The molecule has 0 aliphatic carbocycles. The molecule has 2 N–H and O–H groups in total. The number of hydrogen-bond donors (Lipinski definition) is 1. The lowest BCUT2D eigenvalue weighted by molar-refractivity contribution is 0.111. The van der Waals surface area contributed by atoms with E-state index >= 15 is 0 Å². The lowest BCUT2D eigenvalue weighted by atomic mass is 10.2. The lowest BCUT2D eigenvalue weighted by Gasteiger charge is -2.16. The summed E-state index contributed by atoms with van der Waals surface area (Å²) in [5.41, 5.74) is 8.86. The average Bonchev–Trinajstić information content (AvgIpc) is 3.04. The first-order chi connectivity index (χ1) is 13.4. The van der Waals surface area contributed by atoms with E-state index < -0.39 is 0 Å². The first-order valence-electron chi connectivity index (χ1n) is 8.74. The van der Waals surface area contributed by atoms with E-state index in [0.717, 1.165) is 11.1 Å². The lowest BCUT2D eigenvalue weighted by Crippen LogP contribution is -2.23. The van der Waals surface area contributed by atoms with Crippen LogP contribution < -0.4 is 10.6 Å². The van der Waals surface area contributed by atoms with Crippen molar-refractivity contribution in [3.05, 3.63) is 65.0 Å². The van der Waals surface area contributed by atoms with Gasteiger partial charge in [0.25, 0.3) is 0 Å². The summed E-state index contributed by atoms with van der Waals surface area (Å²) in [6.45, 7) is 1.52. The van der Waals surface area contributed by atoms with E-state index in [1.54, 1.807) is 24.5 Å². The number of carbonyl (C=O) groups is 1. The Kier molecular flexibility index (Phi) is 7.76. The zero-order valence-corrected chi connectivity index (χ0v) is 16.3. The topological polar surface area (TPSA) is 87.7 Å². The van der Waals surface area contributed by atoms with Crippen molar-refractivity contribution in [2.75, 3.05) is 39.1 Å². The molecular weight excluding hydrogens is 359 g/mol. The number of rotatable bonds is 5. The molecule has 2 heterocycles. The molecule has 1 aromatic carbocycles. The van der Waals surface area contributed by atoms with Gasteiger partial charge in [0.05, 0.1) is 25.5 Å². The minimum Gasteiger partial charge on any atom is -0.400 e. The van der Waals surface area contributed by atoms with Gasteiger partial charge >= 0.3 is 0 Å². The summed E-state index contributed by atoms with van der Waals surface area (Å²) >= 11 is 0. The number of carbonyl (C=O) groups excluding carboxylic acids is 1. The largest absolute Gasteiger partial charge is 0.400 e. The normalized spacial score (nSPS) is 13.8. The molecule has 0 saturated carbocycles. The molecular formula is C20H25FN6O. The Morgan fingerprint density at radius 3 is 2.54 bits per heavy atom. The highest BCUT2D eigenvalue weighted by Gasteiger charge is 2.20. The number of hydrogen-bond acceptors (Lipinski definition) is 7. The summed E-state index contributed by atoms with van der Waals surface area (Å²) < 4.78 is 12.9. The van der Waals surface area contributed by atoms with Crippen molar-refractivity contribution >= 4 is 18.3 Å². The van der Waals surface area contributed by atoms with Crippen molar-refractivity contribution in [3.8, 4) is 0 Å². The first kappa shape index (κ1) is 21.2. The molecule has 148 valence electrons. The van der Waals surface area contributed by atoms with Crippen molar-refractivity contribution in [2.45, 2.75) is 6.54 Å². The number of halogens is 1. The van der Waals surface area contributed by atoms with Gasteiger partial charge in [-0.3, -0.25) is 14.8 Å². The van der Waals surface area contributed by atoms with Gasteiger partial charge in [-0.2, -0.15) is 0 Å². The summed E-state index contributed by atoms with van der Waals surface area (Å²) in [6.07, 6.45) is 5.40. The number of anilines is 1. The fourth-order valence-electron chi connectivity index (χ4n) is 2.39. The first-order valence-corrected chi connectivity index (χ1v) is 8.74. The molecule has 0 atom stereocenters. The number of benzene rings is 1. The van der Waals surface area contributed by atoms with Gasteiger partial charge in [0.1, 0.15) is 17.3 Å². The Morgan fingerprint density at radius 2 is 1.89 bits per heavy atom. The van der Waals surface area contributed by atoms with Gasteiger partial charge in [-0.25, -0.2) is 9.37 Å². The predicted molar refractivity (Wildman–Crippen MR) is 109 cm³/mol. The minimum absolute atomic E-state index is 0.264. The number of aldehydes is 1. The maximum Gasteiger partial charge on any atom is 0.170 e. The van der Waals surface area contributed by atoms with E-state index in [1.807, 2.05) is 30.9 Å². The van der Waals surface area contributed by atoms with Crippen LogP contribution in [-0.2, 0) is 6.54 Å². The third-order valence-corrected chi connectivity index (χ3v) is 3.65. The van der Waals surface area contributed by atoms with Crippen LogP contribution in [0.3, 0.4) is 0 Å². The van der Waals surface area contributed by atoms with Gasteiger partial charge in [-0.05, 0) is 38.8 Å². The van der Waals surface area contributed by atoms with Gasteiger partial charge < -0.3 is 15.5 Å². The molecule has 0 unspecified atom stereocenters. The quantitative estimate of drug-likeness (QED) is 0.626. The predicted octanol–water partition coefficient (Wildman–Crippen LogP) is 1.91. The fraction of sp³-hybridized carbons (Fsp3) is 0.300. The van der Waals surface area contributed by atoms with Crippen LogP contribution in [0.15, 0.2) is 52.9 Å². The molecule has 0 spiro atoms. The molecule has 0 bridgehead atoms. The highest BCUT2D eigenvalue weighted by atomic mass is 19.1. The van der Waals surface area contributed by atoms with E-state index in [9.17, 15) is 9.18 Å². The van der Waals surface area contributed by atoms with Crippen LogP contribution >= 0.6 is 0 Å². The molecule has 0 fully saturated rings. The Hall–Kier alpha value is -3.13. The van der Waals surface area contributed by atoms with Crippen LogP contribution in [0.4, 0.5) is 10.2 Å². The number of nitrogens with two attached hydrogens (primary N) is 1. The molecule has 1 aliphatic rings. The Bertz CT molecular complexity index is 845. The fourth-order valence-corrected chi connectivity index (χ4v) is 2.39. The SMILES string of the molecule is CN(C)C.NC1=C(C=NCc2ccc(F)cc2)CN(c2cncc(C=O)n2)C1. The maximum atomic E-state index is 12.9. The highest BCUT2D eigenvalue weighted by Crippen LogP contribution is 2.19. The third kappa shape index (κ3) is 6.55. The van der Waals surface area contributed by atoms with Crippen LogP contribution in [0, 0.1) is 5.82 Å². The molecule has 7 nitrogen and oxygen atoms in total. The Labute approximate surface area is 164 Å². The van der Waals surface area contributed by atoms with E-state index in [0.29, 0.717) is 37.4 Å². The summed E-state index contributed by atoms with van der Waals surface area (Å²) in [6, 6.07) is 6.22. The number of aromatic nitrogens is 2. The summed E-state index contributed by atoms with van der Waals surface area (Å²) in [4.78, 5) is 27.3. The summed E-state index contributed by atoms with van der Waals surface area (Å²) in [5.74, 6) is 0.337. The summed E-state index contributed by atoms with van der Waals surface area (Å²) in [5, 5.41) is 0. The van der Waals surface area contributed by atoms with Crippen molar-refractivity contribution in [3.63, 3.8) is 0 Å². The van der Waals surface area contributed by atoms with Gasteiger partial charge in [-0.15, -0.1) is 0 Å². The number of nitrogens with zero attached hydrogens (tertiary/aromatic N) is 5. The Morgan fingerprint density at radius 1 is 1.21 bits per heavy atom. The molecule has 3 rings (SSSR count). The van der Waals surface area contributed by atoms with Crippen molar-refractivity contribution in [1.29, 1.82) is 0 Å². The van der Waals surface area contributed by atoms with E-state index in [-0.39, 0.29) is 11.5 Å². The second kappa shape index (κ2) is 10.3. The van der Waals surface area contributed by atoms with Crippen LogP contribution in [0.25, 0.3) is 0 Å².